The molecule has 1 heterocycles. The van der Waals surface area contributed by atoms with Crippen molar-refractivity contribution >= 4 is 35.7 Å². The molecule has 4 rings (SSSR count). The highest BCUT2D eigenvalue weighted by Gasteiger charge is 2.38. The summed E-state index contributed by atoms with van der Waals surface area (Å²) in [6, 6.07) is 22.3. The second kappa shape index (κ2) is 22.8. The minimum atomic E-state index is -1.40. The quantitative estimate of drug-likeness (QED) is 0.0863. The van der Waals surface area contributed by atoms with Gasteiger partial charge in [0, 0.05) is 13.0 Å². The van der Waals surface area contributed by atoms with Crippen LogP contribution in [0.3, 0.4) is 0 Å². The fourth-order valence-electron chi connectivity index (χ4n) is 6.86. The second-order valence-electron chi connectivity index (χ2n) is 14.6. The average molecular weight is 801 g/mol. The molecular weight excluding hydrogens is 745 g/mol. The number of esters is 1. The second-order valence-corrected chi connectivity index (χ2v) is 14.6. The van der Waals surface area contributed by atoms with Crippen molar-refractivity contribution in [2.45, 2.75) is 95.3 Å². The Morgan fingerprint density at radius 3 is 1.95 bits per heavy atom. The summed E-state index contributed by atoms with van der Waals surface area (Å²) in [5.74, 6) is -3.43. The van der Waals surface area contributed by atoms with Crippen LogP contribution < -0.4 is 27.0 Å². The van der Waals surface area contributed by atoms with Gasteiger partial charge >= 0.3 is 12.1 Å². The zero-order chi connectivity index (χ0) is 42.0. The van der Waals surface area contributed by atoms with Gasteiger partial charge in [0.25, 0.3) is 0 Å². The highest BCUT2D eigenvalue weighted by molar-refractivity contribution is 5.93. The smallest absolute Gasteiger partial charge is 0.408 e. The molecule has 3 aromatic carbocycles. The molecule has 1 aliphatic heterocycles. The Bertz CT molecular complexity index is 1800. The predicted molar refractivity (Wildman–Crippen MR) is 216 cm³/mol. The predicted octanol–water partition coefficient (Wildman–Crippen LogP) is 2.14. The molecule has 1 fully saturated rings. The normalized spacial score (nSPS) is 17.0. The van der Waals surface area contributed by atoms with Crippen LogP contribution >= 0.6 is 0 Å². The van der Waals surface area contributed by atoms with E-state index in [1.54, 1.807) is 24.3 Å². The van der Waals surface area contributed by atoms with Gasteiger partial charge in [-0.05, 0) is 48.4 Å². The van der Waals surface area contributed by atoms with Crippen LogP contribution in [0.1, 0.15) is 56.2 Å². The summed E-state index contributed by atoms with van der Waals surface area (Å²) in [7, 11) is 1.25. The van der Waals surface area contributed by atoms with Gasteiger partial charge in [-0.1, -0.05) is 111 Å². The van der Waals surface area contributed by atoms with E-state index in [1.807, 2.05) is 85.5 Å². The summed E-state index contributed by atoms with van der Waals surface area (Å²) < 4.78 is 10.2. The van der Waals surface area contributed by atoms with Gasteiger partial charge in [-0.2, -0.15) is 0 Å². The van der Waals surface area contributed by atoms with Crippen molar-refractivity contribution in [2.75, 3.05) is 20.2 Å². The van der Waals surface area contributed by atoms with Gasteiger partial charge in [0.05, 0.1) is 31.7 Å². The first-order valence-electron chi connectivity index (χ1n) is 19.6. The number of rotatable bonds is 21. The molecule has 7 N–H and O–H groups in total. The lowest BCUT2D eigenvalue weighted by Gasteiger charge is -2.33. The Labute approximate surface area is 339 Å². The number of likely N-dealkylation sites (tertiary alicyclic amines) is 1. The van der Waals surface area contributed by atoms with E-state index in [0.29, 0.717) is 25.8 Å². The molecule has 6 unspecified atom stereocenters. The summed E-state index contributed by atoms with van der Waals surface area (Å²) in [4.78, 5) is 80.6. The van der Waals surface area contributed by atoms with Gasteiger partial charge in [0.1, 0.15) is 24.7 Å². The first kappa shape index (κ1) is 44.9. The molecule has 0 bridgehead atoms. The molecule has 312 valence electrons. The molecule has 15 nitrogen and oxygen atoms in total. The monoisotopic (exact) mass is 800 g/mol. The van der Waals surface area contributed by atoms with E-state index in [4.69, 9.17) is 15.2 Å². The summed E-state index contributed by atoms with van der Waals surface area (Å²) >= 11 is 0. The molecule has 0 radical (unpaired) electrons. The number of β-amino-alcohol motifs (C(OH)–C–C–N with tert-alkyl or cyclic N) is 1. The molecule has 7 atom stereocenters. The number of nitrogens with two attached hydrogens (primary N) is 1. The number of nitrogens with one attached hydrogen (secondary N) is 4. The van der Waals surface area contributed by atoms with Crippen LogP contribution in [0.5, 0.6) is 0 Å². The molecule has 0 spiro atoms. The van der Waals surface area contributed by atoms with Crippen molar-refractivity contribution in [1.82, 2.24) is 26.2 Å². The third-order valence-electron chi connectivity index (χ3n) is 10.3. The maximum absolute atomic E-state index is 13.9. The Balaban J connectivity index is 1.45. The molecule has 58 heavy (non-hydrogen) atoms. The Kier molecular flexibility index (Phi) is 17.7. The molecule has 1 saturated heterocycles. The van der Waals surface area contributed by atoms with Crippen LogP contribution in [-0.2, 0) is 52.9 Å². The molecular formula is C43H56N6O9. The number of nitrogens with zero attached hydrogens (tertiary/aromatic N) is 1. The van der Waals surface area contributed by atoms with E-state index in [0.717, 1.165) is 16.7 Å². The molecule has 0 aromatic heterocycles. The van der Waals surface area contributed by atoms with E-state index < -0.39 is 78.4 Å². The summed E-state index contributed by atoms with van der Waals surface area (Å²) in [6.07, 6.45) is -0.637. The molecule has 15 heteroatoms. The lowest BCUT2D eigenvalue weighted by molar-refractivity contribution is -0.145. The van der Waals surface area contributed by atoms with Crippen molar-refractivity contribution in [3.8, 4) is 0 Å². The van der Waals surface area contributed by atoms with E-state index in [-0.39, 0.29) is 31.9 Å². The van der Waals surface area contributed by atoms with Crippen LogP contribution in [0.4, 0.5) is 4.79 Å². The first-order chi connectivity index (χ1) is 27.9. The fourth-order valence-corrected chi connectivity index (χ4v) is 6.86. The third kappa shape index (κ3) is 14.0. The van der Waals surface area contributed by atoms with Crippen molar-refractivity contribution in [2.24, 2.45) is 11.7 Å². The lowest BCUT2D eigenvalue weighted by Crippen LogP contribution is -2.59. The Morgan fingerprint density at radius 1 is 0.793 bits per heavy atom. The fraction of sp³-hybridized carbons (Fsp3) is 0.442. The zero-order valence-electron chi connectivity index (χ0n) is 33.3. The van der Waals surface area contributed by atoms with Crippen LogP contribution in [0, 0.1) is 5.92 Å². The number of benzene rings is 3. The molecule has 1 aliphatic rings. The van der Waals surface area contributed by atoms with Gasteiger partial charge in [-0.3, -0.25) is 24.1 Å². The van der Waals surface area contributed by atoms with E-state index in [2.05, 4.69) is 21.3 Å². The minimum absolute atomic E-state index is 0.0232. The number of carbonyl (C=O) groups excluding carboxylic acids is 6. The molecule has 5 amide bonds. The topological polar surface area (TPSA) is 218 Å². The SMILES string of the molecule is CCC(C)C(NC(=O)C1CCCN1CC(O)[C@H](Cc1ccccc1)NC(=O)C(CC(N)=O)NC(=O)OCc1ccccc1)C(=O)NC(Cc1ccccc1)C(=O)OC. The number of aliphatic hydroxyl groups excluding tert-OH is 1. The largest absolute Gasteiger partial charge is 0.467 e. The number of amides is 5. The maximum atomic E-state index is 13.9. The molecule has 0 saturated carbocycles. The van der Waals surface area contributed by atoms with Crippen molar-refractivity contribution in [3.63, 3.8) is 0 Å². The van der Waals surface area contributed by atoms with Crippen LogP contribution in [0.2, 0.25) is 0 Å². The Morgan fingerprint density at radius 2 is 1.38 bits per heavy atom. The number of methoxy groups -OCH3 is 1. The van der Waals surface area contributed by atoms with Crippen molar-refractivity contribution < 1.29 is 43.3 Å². The van der Waals surface area contributed by atoms with Crippen molar-refractivity contribution in [1.29, 1.82) is 0 Å². The standard InChI is InChI=1S/C43H56N6O9/c1-4-28(2)38(41(54)46-34(42(55)57-3)24-30-17-10-6-11-18-30)48-40(53)35-21-14-22-49(35)26-36(50)32(23-29-15-8-5-9-16-29)45-39(52)33(25-37(44)51)47-43(56)58-27-31-19-12-7-13-20-31/h5-13,15-20,28,32-36,38,50H,4,14,21-27H2,1-3H3,(H2,44,51)(H,45,52)(H,46,54)(H,47,56)(H,48,53)/t28?,32-,33?,34?,35?,36?,38?/m0/s1. The number of alkyl carbamates (subject to hydrolysis) is 1. The lowest BCUT2D eigenvalue weighted by atomic mass is 9.96. The number of carbonyl (C=O) groups is 6. The van der Waals surface area contributed by atoms with Crippen molar-refractivity contribution in [3.05, 3.63) is 108 Å². The van der Waals surface area contributed by atoms with Gasteiger partial charge in [-0.15, -0.1) is 0 Å². The van der Waals surface area contributed by atoms with Crippen LogP contribution in [-0.4, -0.2) is 102 Å². The number of primary amides is 1. The van der Waals surface area contributed by atoms with E-state index in [9.17, 15) is 33.9 Å². The highest BCUT2D eigenvalue weighted by atomic mass is 16.5. The summed E-state index contributed by atoms with van der Waals surface area (Å²) in [5, 5.41) is 22.7. The van der Waals surface area contributed by atoms with E-state index >= 15 is 0 Å². The van der Waals surface area contributed by atoms with E-state index in [1.165, 1.54) is 7.11 Å². The van der Waals surface area contributed by atoms with Crippen LogP contribution in [0.15, 0.2) is 91.0 Å². The minimum Gasteiger partial charge on any atom is -0.467 e. The van der Waals surface area contributed by atoms with Gasteiger partial charge in [-0.25, -0.2) is 9.59 Å². The highest BCUT2D eigenvalue weighted by Crippen LogP contribution is 2.21. The zero-order valence-corrected chi connectivity index (χ0v) is 33.3. The Hall–Kier alpha value is -5.80. The number of hydrogen-bond acceptors (Lipinski definition) is 10. The first-order valence-corrected chi connectivity index (χ1v) is 19.6. The summed E-state index contributed by atoms with van der Waals surface area (Å²) in [5.41, 5.74) is 7.78. The molecule has 0 aliphatic carbocycles. The number of aliphatic hydroxyl groups is 1. The molecule has 3 aromatic rings. The number of hydrogen-bond donors (Lipinski definition) is 6. The average Bonchev–Trinajstić information content (AvgIpc) is 3.69. The van der Waals surface area contributed by atoms with Gasteiger partial charge < -0.3 is 41.6 Å². The van der Waals surface area contributed by atoms with Gasteiger partial charge in [0.15, 0.2) is 0 Å². The van der Waals surface area contributed by atoms with Gasteiger partial charge in [0.2, 0.25) is 23.6 Å². The summed E-state index contributed by atoms with van der Waals surface area (Å²) in [6.45, 7) is 4.11. The van der Waals surface area contributed by atoms with Crippen LogP contribution in [0.25, 0.3) is 0 Å². The maximum Gasteiger partial charge on any atom is 0.408 e. The number of ether oxygens (including phenoxy) is 2. The third-order valence-corrected chi connectivity index (χ3v) is 10.3.